The molecule has 0 radical (unpaired) electrons. The van der Waals surface area contributed by atoms with E-state index in [0.29, 0.717) is 12.4 Å². The summed E-state index contributed by atoms with van der Waals surface area (Å²) in [7, 11) is -9.23. The first-order chi connectivity index (χ1) is 20.7. The molecule has 0 bridgehead atoms. The van der Waals surface area contributed by atoms with E-state index in [1.54, 1.807) is 24.3 Å². The minimum atomic E-state index is -2.38. The average Bonchev–Trinajstić information content (AvgIpc) is 2.84. The molecule has 1 saturated heterocycles. The van der Waals surface area contributed by atoms with Crippen molar-refractivity contribution in [1.82, 2.24) is 0 Å². The molecule has 0 aliphatic carbocycles. The van der Waals surface area contributed by atoms with E-state index in [1.165, 1.54) is 0 Å². The molecule has 47 heavy (non-hydrogen) atoms. The Hall–Kier alpha value is -0.512. The lowest BCUT2D eigenvalue weighted by atomic mass is 9.99. The fourth-order valence-electron chi connectivity index (χ4n) is 4.23. The number of phenolic OH excluding ortho intramolecular Hbond substituents is 1. The topological polar surface area (TPSA) is 75.6 Å². The smallest absolute Gasteiger partial charge is 0.228 e. The third-order valence-corrected chi connectivity index (χ3v) is 29.7. The van der Waals surface area contributed by atoms with Crippen LogP contribution in [0, 0.1) is 0 Å². The average molecular weight is 729 g/mol. The Kier molecular flexibility index (Phi) is 12.9. The molecule has 5 atom stereocenters. The van der Waals surface area contributed by atoms with Crippen LogP contribution in [0.2, 0.25) is 72.5 Å². The van der Waals surface area contributed by atoms with Gasteiger partial charge in [-0.3, -0.25) is 0 Å². The lowest BCUT2D eigenvalue weighted by Crippen LogP contribution is -2.69. The van der Waals surface area contributed by atoms with E-state index in [0.717, 1.165) is 0 Å². The van der Waals surface area contributed by atoms with E-state index in [1.807, 2.05) is 0 Å². The van der Waals surface area contributed by atoms with Crippen LogP contribution in [0.1, 0.15) is 83.1 Å². The van der Waals surface area contributed by atoms with Crippen molar-refractivity contribution in [3.8, 4) is 11.5 Å². The van der Waals surface area contributed by atoms with Crippen LogP contribution in [0.4, 0.5) is 0 Å². The molecule has 0 saturated carbocycles. The number of hydrogen-bond donors (Lipinski definition) is 1. The van der Waals surface area contributed by atoms with Crippen molar-refractivity contribution < 1.29 is 32.3 Å². The van der Waals surface area contributed by atoms with Crippen molar-refractivity contribution in [2.24, 2.45) is 0 Å². The highest BCUT2D eigenvalue weighted by Crippen LogP contribution is 2.46. The van der Waals surface area contributed by atoms with Gasteiger partial charge < -0.3 is 32.3 Å². The van der Waals surface area contributed by atoms with Gasteiger partial charge in [0.05, 0.1) is 6.61 Å². The van der Waals surface area contributed by atoms with Crippen LogP contribution < -0.4 is 4.74 Å². The van der Waals surface area contributed by atoms with Crippen LogP contribution in [0.25, 0.3) is 0 Å². The monoisotopic (exact) mass is 728 g/mol. The summed E-state index contributed by atoms with van der Waals surface area (Å²) in [5, 5.41) is 9.91. The summed E-state index contributed by atoms with van der Waals surface area (Å²) in [5.41, 5.74) is 0. The first kappa shape index (κ1) is 42.7. The Labute approximate surface area is 293 Å². The van der Waals surface area contributed by atoms with Crippen LogP contribution in [0.3, 0.4) is 0 Å². The Morgan fingerprint density at radius 3 is 1.30 bits per heavy atom. The molecular weight excluding hydrogens is 657 g/mol. The van der Waals surface area contributed by atoms with Crippen LogP contribution in [-0.4, -0.2) is 75.7 Å². The maximum Gasteiger partial charge on any atom is 0.228 e. The SMILES string of the molecule is CC(C)(C)[Si](C)(C)OC[C@H]1OC(Oc2ccc(O)cc2)C(O[Si](C)(C)C(C)(C)C)C(O[Si](C)(C)C(C)(C)C)C1O[Si](C)(C)C(C)(C)C. The molecular formula is C36H72O7Si4. The first-order valence-electron chi connectivity index (χ1n) is 17.5. The molecule has 2 rings (SSSR count). The van der Waals surface area contributed by atoms with E-state index >= 15 is 0 Å². The summed E-state index contributed by atoms with van der Waals surface area (Å²) < 4.78 is 42.9. The second-order valence-electron chi connectivity index (χ2n) is 19.8. The quantitative estimate of drug-likeness (QED) is 0.227. The summed E-state index contributed by atoms with van der Waals surface area (Å²) in [6.07, 6.45) is -2.67. The van der Waals surface area contributed by atoms with Crippen molar-refractivity contribution in [2.45, 2.75) is 186 Å². The second kappa shape index (κ2) is 14.2. The van der Waals surface area contributed by atoms with Gasteiger partial charge in [0.15, 0.2) is 33.3 Å². The predicted octanol–water partition coefficient (Wildman–Crippen LogP) is 10.7. The van der Waals surface area contributed by atoms with E-state index < -0.39 is 64.0 Å². The summed E-state index contributed by atoms with van der Waals surface area (Å²) in [6.45, 7) is 45.8. The Bertz CT molecular complexity index is 1160. The highest BCUT2D eigenvalue weighted by Gasteiger charge is 2.57. The molecule has 0 spiro atoms. The minimum absolute atomic E-state index is 0.0322. The van der Waals surface area contributed by atoms with Gasteiger partial charge in [-0.25, -0.2) is 0 Å². The molecule has 0 amide bonds. The molecule has 1 fully saturated rings. The number of benzene rings is 1. The normalized spacial score (nSPS) is 24.4. The van der Waals surface area contributed by atoms with Crippen molar-refractivity contribution in [1.29, 1.82) is 0 Å². The Morgan fingerprint density at radius 1 is 0.553 bits per heavy atom. The van der Waals surface area contributed by atoms with Gasteiger partial charge >= 0.3 is 0 Å². The van der Waals surface area contributed by atoms with Gasteiger partial charge in [-0.15, -0.1) is 0 Å². The highest BCUT2D eigenvalue weighted by molar-refractivity contribution is 6.75. The standard InChI is InChI=1S/C36H72O7Si4/c1-33(2,3)44(13,14)38-25-28-29(41-45(15,16)34(4,5)6)30(42-46(17,18)35(7,8)9)31(43-47(19,20)36(10,11)12)32(40-28)39-27-23-21-26(37)22-24-27/h21-24,28-32,37H,25H2,1-20H3/t28-,29?,30?,31?,32?/m1/s1. The maximum absolute atomic E-state index is 10.0. The van der Waals surface area contributed by atoms with Gasteiger partial charge in [-0.2, -0.15) is 0 Å². The summed E-state index contributed by atoms with van der Waals surface area (Å²) in [4.78, 5) is 0. The lowest BCUT2D eigenvalue weighted by Gasteiger charge is -2.54. The third kappa shape index (κ3) is 10.5. The zero-order chi connectivity index (χ0) is 36.8. The molecule has 1 N–H and O–H groups in total. The summed E-state index contributed by atoms with van der Waals surface area (Å²) in [5.74, 6) is 0.772. The van der Waals surface area contributed by atoms with Crippen molar-refractivity contribution >= 4 is 33.3 Å². The van der Waals surface area contributed by atoms with E-state index in [9.17, 15) is 5.11 Å². The minimum Gasteiger partial charge on any atom is -0.508 e. The highest BCUT2D eigenvalue weighted by atomic mass is 28.4. The first-order valence-corrected chi connectivity index (χ1v) is 29.1. The third-order valence-electron chi connectivity index (χ3n) is 11.8. The van der Waals surface area contributed by atoms with E-state index in [-0.39, 0.29) is 25.9 Å². The van der Waals surface area contributed by atoms with Gasteiger partial charge in [-0.05, 0) is 96.8 Å². The van der Waals surface area contributed by atoms with Crippen LogP contribution in [0.15, 0.2) is 24.3 Å². The molecule has 7 nitrogen and oxygen atoms in total. The van der Waals surface area contributed by atoms with Gasteiger partial charge in [0.1, 0.15) is 35.9 Å². The fraction of sp³-hybridized carbons (Fsp3) is 0.833. The molecule has 1 heterocycles. The molecule has 1 aromatic carbocycles. The Balaban J connectivity index is 2.86. The summed E-state index contributed by atoms with van der Waals surface area (Å²) in [6, 6.07) is 6.80. The number of aromatic hydroxyl groups is 1. The summed E-state index contributed by atoms with van der Waals surface area (Å²) >= 11 is 0. The van der Waals surface area contributed by atoms with Gasteiger partial charge in [-0.1, -0.05) is 83.1 Å². The van der Waals surface area contributed by atoms with Crippen molar-refractivity contribution in [3.05, 3.63) is 24.3 Å². The number of phenols is 1. The predicted molar refractivity (Wildman–Crippen MR) is 207 cm³/mol. The van der Waals surface area contributed by atoms with Gasteiger partial charge in [0.25, 0.3) is 0 Å². The molecule has 1 aliphatic heterocycles. The molecule has 1 aromatic rings. The molecule has 0 aromatic heterocycles. The molecule has 11 heteroatoms. The van der Waals surface area contributed by atoms with Crippen LogP contribution >= 0.6 is 0 Å². The molecule has 4 unspecified atom stereocenters. The number of ether oxygens (including phenoxy) is 2. The zero-order valence-electron chi connectivity index (χ0n) is 33.8. The number of rotatable bonds is 11. The second-order valence-corrected chi connectivity index (χ2v) is 38.8. The number of hydrogen-bond acceptors (Lipinski definition) is 7. The van der Waals surface area contributed by atoms with Crippen molar-refractivity contribution in [3.63, 3.8) is 0 Å². The fourth-order valence-corrected chi connectivity index (χ4v) is 9.14. The Morgan fingerprint density at radius 2 is 0.915 bits per heavy atom. The zero-order valence-corrected chi connectivity index (χ0v) is 37.8. The molecule has 274 valence electrons. The van der Waals surface area contributed by atoms with Crippen molar-refractivity contribution in [2.75, 3.05) is 6.61 Å². The van der Waals surface area contributed by atoms with Crippen LogP contribution in [0.5, 0.6) is 11.5 Å². The molecule has 1 aliphatic rings. The van der Waals surface area contributed by atoms with Gasteiger partial charge in [0, 0.05) is 0 Å². The maximum atomic E-state index is 10.0. The van der Waals surface area contributed by atoms with E-state index in [2.05, 4.69) is 135 Å². The van der Waals surface area contributed by atoms with Gasteiger partial charge in [0.2, 0.25) is 6.29 Å². The van der Waals surface area contributed by atoms with E-state index in [4.69, 9.17) is 27.2 Å². The largest absolute Gasteiger partial charge is 0.508 e. The lowest BCUT2D eigenvalue weighted by molar-refractivity contribution is -0.266. The van der Waals surface area contributed by atoms with Crippen LogP contribution in [-0.2, 0) is 22.4 Å².